The number of carboxylic acid groups (broad SMARTS) is 1. The van der Waals surface area contributed by atoms with Crippen LogP contribution in [-0.2, 0) is 4.79 Å². The molecule has 0 amide bonds. The van der Waals surface area contributed by atoms with Crippen LogP contribution in [0.1, 0.15) is 6.92 Å². The summed E-state index contributed by atoms with van der Waals surface area (Å²) in [6.07, 6.45) is 0. The third kappa shape index (κ3) is 2.20. The molecular formula is C4H5Cl3O2. The first-order valence-electron chi connectivity index (χ1n) is 2.14. The van der Waals surface area contributed by atoms with Crippen LogP contribution in [0.5, 0.6) is 0 Å². The van der Waals surface area contributed by atoms with E-state index in [9.17, 15) is 4.79 Å². The van der Waals surface area contributed by atoms with Crippen molar-refractivity contribution in [3.05, 3.63) is 0 Å². The number of alkyl halides is 3. The highest BCUT2D eigenvalue weighted by Gasteiger charge is 2.38. The quantitative estimate of drug-likeness (QED) is 0.677. The molecule has 0 saturated carbocycles. The molecule has 1 atom stereocenters. The van der Waals surface area contributed by atoms with Gasteiger partial charge in [0.2, 0.25) is 4.33 Å². The SMILES string of the molecule is C[C@H](Cl)C(Cl)(Cl)C(=O)O. The molecule has 0 radical (unpaired) electrons. The van der Waals surface area contributed by atoms with Gasteiger partial charge in [0.1, 0.15) is 0 Å². The Morgan fingerprint density at radius 3 is 2.00 bits per heavy atom. The Kier molecular flexibility index (Phi) is 3.06. The van der Waals surface area contributed by atoms with Gasteiger partial charge in [-0.25, -0.2) is 4.79 Å². The smallest absolute Gasteiger partial charge is 0.341 e. The van der Waals surface area contributed by atoms with Crippen molar-refractivity contribution >= 4 is 40.8 Å². The molecule has 9 heavy (non-hydrogen) atoms. The average Bonchev–Trinajstić information content (AvgIpc) is 1.65. The van der Waals surface area contributed by atoms with E-state index in [4.69, 9.17) is 39.9 Å². The van der Waals surface area contributed by atoms with Crippen molar-refractivity contribution in [2.45, 2.75) is 16.6 Å². The molecule has 0 saturated heterocycles. The Morgan fingerprint density at radius 2 is 2.00 bits per heavy atom. The van der Waals surface area contributed by atoms with Gasteiger partial charge < -0.3 is 5.11 Å². The van der Waals surface area contributed by atoms with Crippen LogP contribution in [0.3, 0.4) is 0 Å². The molecule has 0 bridgehead atoms. The maximum atomic E-state index is 10.1. The summed E-state index contributed by atoms with van der Waals surface area (Å²) in [5.41, 5.74) is 0. The lowest BCUT2D eigenvalue weighted by Crippen LogP contribution is -2.33. The number of aliphatic carboxylic acids is 1. The summed E-state index contributed by atoms with van der Waals surface area (Å²) in [5.74, 6) is -1.33. The van der Waals surface area contributed by atoms with Crippen LogP contribution in [0, 0.1) is 0 Å². The minimum absolute atomic E-state index is 0.807. The summed E-state index contributed by atoms with van der Waals surface area (Å²) in [7, 11) is 0. The normalized spacial score (nSPS) is 15.1. The van der Waals surface area contributed by atoms with Gasteiger partial charge >= 0.3 is 5.97 Å². The molecule has 0 aromatic heterocycles. The molecule has 0 aliphatic heterocycles. The van der Waals surface area contributed by atoms with Gasteiger partial charge in [0.05, 0.1) is 5.38 Å². The molecule has 0 heterocycles. The number of hydrogen-bond acceptors (Lipinski definition) is 1. The molecular weight excluding hydrogens is 186 g/mol. The molecule has 2 nitrogen and oxygen atoms in total. The summed E-state index contributed by atoms with van der Waals surface area (Å²) >= 11 is 15.8. The standard InChI is InChI=1S/C4H5Cl3O2/c1-2(5)4(6,7)3(8)9/h2H,1H3,(H,8,9)/t2-/m0/s1. The molecule has 0 rings (SSSR count). The zero-order chi connectivity index (χ0) is 7.65. The lowest BCUT2D eigenvalue weighted by Gasteiger charge is -2.15. The van der Waals surface area contributed by atoms with Crippen molar-refractivity contribution in [1.29, 1.82) is 0 Å². The molecule has 0 aliphatic rings. The Morgan fingerprint density at radius 1 is 1.67 bits per heavy atom. The monoisotopic (exact) mass is 190 g/mol. The number of carbonyl (C=O) groups is 1. The molecule has 0 spiro atoms. The molecule has 0 aromatic rings. The van der Waals surface area contributed by atoms with E-state index in [1.807, 2.05) is 0 Å². The van der Waals surface area contributed by atoms with Gasteiger partial charge in [-0.3, -0.25) is 0 Å². The molecule has 0 fully saturated rings. The maximum absolute atomic E-state index is 10.1. The van der Waals surface area contributed by atoms with E-state index in [0.29, 0.717) is 0 Å². The topological polar surface area (TPSA) is 37.3 Å². The van der Waals surface area contributed by atoms with E-state index in [-0.39, 0.29) is 0 Å². The first-order valence-corrected chi connectivity index (χ1v) is 3.33. The number of hydrogen-bond donors (Lipinski definition) is 1. The third-order valence-electron chi connectivity index (χ3n) is 0.785. The van der Waals surface area contributed by atoms with E-state index < -0.39 is 15.7 Å². The van der Waals surface area contributed by atoms with Gasteiger partial charge in [-0.05, 0) is 6.92 Å². The van der Waals surface area contributed by atoms with Crippen molar-refractivity contribution in [2.24, 2.45) is 0 Å². The predicted octanol–water partition coefficient (Wildman–Crippen LogP) is 1.87. The van der Waals surface area contributed by atoms with Crippen molar-refractivity contribution in [2.75, 3.05) is 0 Å². The fourth-order valence-corrected chi connectivity index (χ4v) is 0.263. The number of rotatable bonds is 2. The number of carboxylic acids is 1. The second-order valence-corrected chi connectivity index (χ2v) is 3.58. The maximum Gasteiger partial charge on any atom is 0.341 e. The average molecular weight is 191 g/mol. The van der Waals surface area contributed by atoms with Crippen LogP contribution in [0.4, 0.5) is 0 Å². The highest BCUT2D eigenvalue weighted by molar-refractivity contribution is 6.60. The Labute approximate surface area is 67.7 Å². The van der Waals surface area contributed by atoms with E-state index in [1.165, 1.54) is 6.92 Å². The minimum Gasteiger partial charge on any atom is -0.479 e. The highest BCUT2D eigenvalue weighted by atomic mass is 35.5. The Hall–Kier alpha value is 0.340. The van der Waals surface area contributed by atoms with Crippen LogP contribution < -0.4 is 0 Å². The van der Waals surface area contributed by atoms with Crippen LogP contribution in [-0.4, -0.2) is 20.8 Å². The molecule has 5 heteroatoms. The summed E-state index contributed by atoms with van der Waals surface area (Å²) in [6, 6.07) is 0. The largest absolute Gasteiger partial charge is 0.479 e. The van der Waals surface area contributed by atoms with Crippen molar-refractivity contribution in [3.63, 3.8) is 0 Å². The van der Waals surface area contributed by atoms with Crippen LogP contribution in [0.15, 0.2) is 0 Å². The van der Waals surface area contributed by atoms with E-state index in [1.54, 1.807) is 0 Å². The Balaban J connectivity index is 4.19. The van der Waals surface area contributed by atoms with Crippen molar-refractivity contribution < 1.29 is 9.90 Å². The summed E-state index contributed by atoms with van der Waals surface area (Å²) < 4.78 is -1.87. The van der Waals surface area contributed by atoms with E-state index >= 15 is 0 Å². The zero-order valence-corrected chi connectivity index (χ0v) is 6.83. The minimum atomic E-state index is -1.87. The van der Waals surface area contributed by atoms with Gasteiger partial charge in [-0.15, -0.1) is 11.6 Å². The fraction of sp³-hybridized carbons (Fsp3) is 0.750. The number of halogens is 3. The van der Waals surface area contributed by atoms with Gasteiger partial charge in [0.25, 0.3) is 0 Å². The third-order valence-corrected chi connectivity index (χ3v) is 2.31. The van der Waals surface area contributed by atoms with Gasteiger partial charge in [0, 0.05) is 0 Å². The summed E-state index contributed by atoms with van der Waals surface area (Å²) in [4.78, 5) is 10.1. The van der Waals surface area contributed by atoms with Gasteiger partial charge in [-0.1, -0.05) is 23.2 Å². The lowest BCUT2D eigenvalue weighted by atomic mass is 10.3. The molecule has 1 N–H and O–H groups in total. The molecule has 54 valence electrons. The summed E-state index contributed by atoms with van der Waals surface area (Å²) in [5, 5.41) is 7.46. The second kappa shape index (κ2) is 2.95. The molecule has 0 aromatic carbocycles. The van der Waals surface area contributed by atoms with E-state index in [0.717, 1.165) is 0 Å². The van der Waals surface area contributed by atoms with Crippen molar-refractivity contribution in [3.8, 4) is 0 Å². The van der Waals surface area contributed by atoms with Gasteiger partial charge in [0.15, 0.2) is 0 Å². The van der Waals surface area contributed by atoms with E-state index in [2.05, 4.69) is 0 Å². The van der Waals surface area contributed by atoms with Crippen LogP contribution in [0.25, 0.3) is 0 Å². The lowest BCUT2D eigenvalue weighted by molar-refractivity contribution is -0.137. The zero-order valence-electron chi connectivity index (χ0n) is 4.57. The highest BCUT2D eigenvalue weighted by Crippen LogP contribution is 2.28. The fourth-order valence-electron chi connectivity index (χ4n) is 0.170. The molecule has 0 unspecified atom stereocenters. The van der Waals surface area contributed by atoms with Gasteiger partial charge in [-0.2, -0.15) is 0 Å². The van der Waals surface area contributed by atoms with Crippen LogP contribution >= 0.6 is 34.8 Å². The predicted molar refractivity (Wildman–Crippen MR) is 37.4 cm³/mol. The first-order chi connectivity index (χ1) is 3.89. The van der Waals surface area contributed by atoms with Crippen LogP contribution in [0.2, 0.25) is 0 Å². The first kappa shape index (κ1) is 9.34. The second-order valence-electron chi connectivity index (χ2n) is 1.54. The Bertz CT molecular complexity index is 121. The van der Waals surface area contributed by atoms with Crippen molar-refractivity contribution in [1.82, 2.24) is 0 Å². The summed E-state index contributed by atoms with van der Waals surface area (Å²) in [6.45, 7) is 1.41. The molecule has 0 aliphatic carbocycles.